The van der Waals surface area contributed by atoms with Crippen molar-refractivity contribution < 1.29 is 9.53 Å². The number of benzene rings is 1. The SMILES string of the molecule is CN(C)C(=O)COc1cc(N)ccc1Cl. The van der Waals surface area contributed by atoms with Crippen molar-refractivity contribution in [1.29, 1.82) is 0 Å². The fourth-order valence-electron chi connectivity index (χ4n) is 0.899. The molecule has 0 spiro atoms. The zero-order valence-corrected chi connectivity index (χ0v) is 9.41. The zero-order valence-electron chi connectivity index (χ0n) is 8.66. The van der Waals surface area contributed by atoms with Crippen LogP contribution in [0.2, 0.25) is 5.02 Å². The lowest BCUT2D eigenvalue weighted by atomic mass is 10.3. The van der Waals surface area contributed by atoms with Gasteiger partial charge in [0.1, 0.15) is 5.75 Å². The second-order valence-electron chi connectivity index (χ2n) is 3.27. The maximum Gasteiger partial charge on any atom is 0.259 e. The van der Waals surface area contributed by atoms with Gasteiger partial charge in [0.2, 0.25) is 0 Å². The topological polar surface area (TPSA) is 55.6 Å². The molecule has 2 N–H and O–H groups in total. The Morgan fingerprint density at radius 1 is 1.53 bits per heavy atom. The van der Waals surface area contributed by atoms with Crippen molar-refractivity contribution in [3.63, 3.8) is 0 Å². The largest absolute Gasteiger partial charge is 0.482 e. The summed E-state index contributed by atoms with van der Waals surface area (Å²) in [6, 6.07) is 4.89. The molecule has 1 amide bonds. The number of ether oxygens (including phenoxy) is 1. The first-order valence-corrected chi connectivity index (χ1v) is 4.76. The summed E-state index contributed by atoms with van der Waals surface area (Å²) in [4.78, 5) is 12.7. The highest BCUT2D eigenvalue weighted by Gasteiger charge is 2.07. The quantitative estimate of drug-likeness (QED) is 0.796. The molecule has 5 heteroatoms. The molecule has 4 nitrogen and oxygen atoms in total. The number of nitrogens with zero attached hydrogens (tertiary/aromatic N) is 1. The lowest BCUT2D eigenvalue weighted by molar-refractivity contribution is -0.130. The van der Waals surface area contributed by atoms with E-state index in [9.17, 15) is 4.79 Å². The third kappa shape index (κ3) is 3.32. The molecule has 0 fully saturated rings. The maximum absolute atomic E-state index is 11.2. The van der Waals surface area contributed by atoms with Crippen molar-refractivity contribution in [1.82, 2.24) is 4.90 Å². The van der Waals surface area contributed by atoms with E-state index >= 15 is 0 Å². The van der Waals surface area contributed by atoms with Crippen molar-refractivity contribution in [2.75, 3.05) is 26.4 Å². The fourth-order valence-corrected chi connectivity index (χ4v) is 1.07. The summed E-state index contributed by atoms with van der Waals surface area (Å²) in [6.45, 7) is -0.0455. The normalized spacial score (nSPS) is 9.80. The van der Waals surface area contributed by atoms with E-state index in [1.165, 1.54) is 4.90 Å². The Morgan fingerprint density at radius 2 is 2.20 bits per heavy atom. The fraction of sp³-hybridized carbons (Fsp3) is 0.300. The molecule has 1 rings (SSSR count). The van der Waals surface area contributed by atoms with Crippen LogP contribution >= 0.6 is 11.6 Å². The first-order chi connectivity index (χ1) is 7.00. The minimum absolute atomic E-state index is 0.0455. The molecule has 15 heavy (non-hydrogen) atoms. The van der Waals surface area contributed by atoms with Gasteiger partial charge in [0.05, 0.1) is 5.02 Å². The van der Waals surface area contributed by atoms with Gasteiger partial charge in [-0.1, -0.05) is 11.6 Å². The Bertz CT molecular complexity index is 366. The van der Waals surface area contributed by atoms with Gasteiger partial charge in [0.15, 0.2) is 6.61 Å². The van der Waals surface area contributed by atoms with Crippen LogP contribution in [0.3, 0.4) is 0 Å². The number of likely N-dealkylation sites (N-methyl/N-ethyl adjacent to an activating group) is 1. The van der Waals surface area contributed by atoms with Gasteiger partial charge >= 0.3 is 0 Å². The molecule has 0 atom stereocenters. The number of rotatable bonds is 3. The van der Waals surface area contributed by atoms with Crippen LogP contribution in [0.1, 0.15) is 0 Å². The van der Waals surface area contributed by atoms with E-state index in [0.717, 1.165) is 0 Å². The van der Waals surface area contributed by atoms with Crippen molar-refractivity contribution in [2.45, 2.75) is 0 Å². The van der Waals surface area contributed by atoms with Crippen LogP contribution in [-0.2, 0) is 4.79 Å². The predicted octanol–water partition coefficient (Wildman–Crippen LogP) is 1.39. The molecule has 0 bridgehead atoms. The number of nitrogen functional groups attached to an aromatic ring is 1. The van der Waals surface area contributed by atoms with Crippen LogP contribution in [0.5, 0.6) is 5.75 Å². The highest BCUT2D eigenvalue weighted by molar-refractivity contribution is 6.32. The smallest absolute Gasteiger partial charge is 0.259 e. The van der Waals surface area contributed by atoms with E-state index in [4.69, 9.17) is 22.1 Å². The second-order valence-corrected chi connectivity index (χ2v) is 3.67. The summed E-state index contributed by atoms with van der Waals surface area (Å²) in [7, 11) is 3.32. The second kappa shape index (κ2) is 4.89. The Morgan fingerprint density at radius 3 is 2.80 bits per heavy atom. The maximum atomic E-state index is 11.2. The summed E-state index contributed by atoms with van der Waals surface area (Å²) >= 11 is 5.85. The minimum Gasteiger partial charge on any atom is -0.482 e. The molecule has 0 aliphatic rings. The lowest BCUT2D eigenvalue weighted by Gasteiger charge is -2.12. The molecule has 82 valence electrons. The summed E-state index contributed by atoms with van der Waals surface area (Å²) in [6.07, 6.45) is 0. The molecule has 1 aromatic carbocycles. The van der Waals surface area contributed by atoms with Gasteiger partial charge in [-0.25, -0.2) is 0 Å². The van der Waals surface area contributed by atoms with Gasteiger partial charge in [-0.2, -0.15) is 0 Å². The van der Waals surface area contributed by atoms with Crippen molar-refractivity contribution in [3.05, 3.63) is 23.2 Å². The number of nitrogens with two attached hydrogens (primary N) is 1. The number of hydrogen-bond donors (Lipinski definition) is 1. The van der Waals surface area contributed by atoms with Crippen LogP contribution in [0.25, 0.3) is 0 Å². The average molecular weight is 229 g/mol. The highest BCUT2D eigenvalue weighted by Crippen LogP contribution is 2.26. The molecule has 0 aliphatic heterocycles. The molecule has 0 aromatic heterocycles. The molecule has 0 saturated heterocycles. The summed E-state index contributed by atoms with van der Waals surface area (Å²) in [5.41, 5.74) is 6.11. The number of hydrogen-bond acceptors (Lipinski definition) is 3. The molecule has 0 aliphatic carbocycles. The van der Waals surface area contributed by atoms with Crippen LogP contribution in [0.15, 0.2) is 18.2 Å². The van der Waals surface area contributed by atoms with Crippen LogP contribution < -0.4 is 10.5 Å². The number of halogens is 1. The van der Waals surface area contributed by atoms with E-state index in [1.807, 2.05) is 0 Å². The highest BCUT2D eigenvalue weighted by atomic mass is 35.5. The van der Waals surface area contributed by atoms with Crippen molar-refractivity contribution in [3.8, 4) is 5.75 Å². The number of carbonyl (C=O) groups excluding carboxylic acids is 1. The minimum atomic E-state index is -0.131. The molecule has 0 radical (unpaired) electrons. The van der Waals surface area contributed by atoms with Gasteiger partial charge in [-0.05, 0) is 12.1 Å². The standard InChI is InChI=1S/C10H13ClN2O2/c1-13(2)10(14)6-15-9-5-7(12)3-4-8(9)11/h3-5H,6,12H2,1-2H3. The molecular weight excluding hydrogens is 216 g/mol. The zero-order chi connectivity index (χ0) is 11.4. The molecule has 1 aromatic rings. The first-order valence-electron chi connectivity index (χ1n) is 4.38. The molecule has 0 saturated carbocycles. The lowest BCUT2D eigenvalue weighted by Crippen LogP contribution is -2.27. The summed E-state index contributed by atoms with van der Waals surface area (Å²) < 4.78 is 5.24. The van der Waals surface area contributed by atoms with E-state index in [1.54, 1.807) is 32.3 Å². The number of amides is 1. The van der Waals surface area contributed by atoms with Gasteiger partial charge < -0.3 is 15.4 Å². The van der Waals surface area contributed by atoms with E-state index in [2.05, 4.69) is 0 Å². The van der Waals surface area contributed by atoms with Gasteiger partial charge in [0.25, 0.3) is 5.91 Å². The molecule has 0 unspecified atom stereocenters. The van der Waals surface area contributed by atoms with E-state index in [0.29, 0.717) is 16.5 Å². The van der Waals surface area contributed by atoms with Crippen molar-refractivity contribution >= 4 is 23.2 Å². The summed E-state index contributed by atoms with van der Waals surface area (Å²) in [5, 5.41) is 0.441. The first kappa shape index (κ1) is 11.7. The summed E-state index contributed by atoms with van der Waals surface area (Å²) in [5.74, 6) is 0.292. The van der Waals surface area contributed by atoms with Gasteiger partial charge in [-0.3, -0.25) is 4.79 Å². The van der Waals surface area contributed by atoms with Crippen LogP contribution in [0, 0.1) is 0 Å². The van der Waals surface area contributed by atoms with Gasteiger partial charge in [0, 0.05) is 25.8 Å². The number of anilines is 1. The van der Waals surface area contributed by atoms with Gasteiger partial charge in [-0.15, -0.1) is 0 Å². The van der Waals surface area contributed by atoms with Crippen LogP contribution in [0.4, 0.5) is 5.69 Å². The predicted molar refractivity (Wildman–Crippen MR) is 60.1 cm³/mol. The average Bonchev–Trinajstić information content (AvgIpc) is 2.18. The Balaban J connectivity index is 2.65. The Hall–Kier alpha value is -1.42. The van der Waals surface area contributed by atoms with E-state index < -0.39 is 0 Å². The Kier molecular flexibility index (Phi) is 3.80. The van der Waals surface area contributed by atoms with E-state index in [-0.39, 0.29) is 12.5 Å². The molecular formula is C10H13ClN2O2. The third-order valence-electron chi connectivity index (χ3n) is 1.81. The van der Waals surface area contributed by atoms with Crippen LogP contribution in [-0.4, -0.2) is 31.5 Å². The third-order valence-corrected chi connectivity index (χ3v) is 2.12. The number of carbonyl (C=O) groups is 1. The molecule has 0 heterocycles. The monoisotopic (exact) mass is 228 g/mol. The van der Waals surface area contributed by atoms with Crippen molar-refractivity contribution in [2.24, 2.45) is 0 Å². The Labute approximate surface area is 93.6 Å².